The smallest absolute Gasteiger partial charge is 0.212 e. The second-order valence-corrected chi connectivity index (χ2v) is 6.76. The summed E-state index contributed by atoms with van der Waals surface area (Å²) < 4.78 is 1.37. The molecular formula is C17H12Cl3N5O2. The van der Waals surface area contributed by atoms with Crippen LogP contribution in [0, 0.1) is 0 Å². The Morgan fingerprint density at radius 3 is 2.37 bits per heavy atom. The molecule has 3 rings (SSSR count). The molecule has 0 bridgehead atoms. The summed E-state index contributed by atoms with van der Waals surface area (Å²) in [4.78, 5) is 23.2. The Bertz CT molecular complexity index is 995. The number of hydrogen-bond donors (Lipinski definition) is 2. The summed E-state index contributed by atoms with van der Waals surface area (Å²) in [6.07, 6.45) is 0.454. The number of halogens is 3. The van der Waals surface area contributed by atoms with Gasteiger partial charge in [-0.3, -0.25) is 9.59 Å². The lowest BCUT2D eigenvalue weighted by Gasteiger charge is -2.10. The molecule has 3 aromatic rings. The number of aromatic nitrogens is 3. The molecule has 2 aromatic carbocycles. The zero-order valence-corrected chi connectivity index (χ0v) is 15.9. The highest BCUT2D eigenvalue weighted by atomic mass is 35.5. The number of carbonyl (C=O) groups excluding carboxylic acids is 2. The first-order valence-electron chi connectivity index (χ1n) is 7.58. The van der Waals surface area contributed by atoms with Gasteiger partial charge in [0.05, 0.1) is 22.2 Å². The summed E-state index contributed by atoms with van der Waals surface area (Å²) in [5.41, 5.74) is 7.14. The molecule has 0 spiro atoms. The number of nitrogens with one attached hydrogen (secondary N) is 1. The zero-order valence-electron chi connectivity index (χ0n) is 13.6. The highest BCUT2D eigenvalue weighted by Gasteiger charge is 2.19. The summed E-state index contributed by atoms with van der Waals surface area (Å²) in [6, 6.07) is 9.63. The topological polar surface area (TPSA) is 103 Å². The van der Waals surface area contributed by atoms with Crippen molar-refractivity contribution >= 4 is 58.6 Å². The van der Waals surface area contributed by atoms with Crippen molar-refractivity contribution in [1.29, 1.82) is 0 Å². The molecule has 0 aliphatic carbocycles. The molecule has 7 nitrogen and oxygen atoms in total. The van der Waals surface area contributed by atoms with E-state index >= 15 is 0 Å². The van der Waals surface area contributed by atoms with Crippen LogP contribution in [0.25, 0.3) is 0 Å². The van der Waals surface area contributed by atoms with E-state index in [1.54, 1.807) is 36.4 Å². The minimum atomic E-state index is -0.314. The van der Waals surface area contributed by atoms with E-state index in [1.165, 1.54) is 4.68 Å². The van der Waals surface area contributed by atoms with Crippen molar-refractivity contribution in [1.82, 2.24) is 15.0 Å². The maximum atomic E-state index is 12.7. The van der Waals surface area contributed by atoms with Crippen LogP contribution in [-0.2, 0) is 11.3 Å². The Morgan fingerprint density at radius 1 is 1.15 bits per heavy atom. The summed E-state index contributed by atoms with van der Waals surface area (Å²) in [6.45, 7) is 0.203. The first-order chi connectivity index (χ1) is 12.9. The minimum Gasteiger partial charge on any atom is -0.381 e. The fourth-order valence-electron chi connectivity index (χ4n) is 2.45. The quantitative estimate of drug-likeness (QED) is 0.464. The summed E-state index contributed by atoms with van der Waals surface area (Å²) >= 11 is 18.5. The van der Waals surface area contributed by atoms with Crippen LogP contribution in [-0.4, -0.2) is 27.2 Å². The molecule has 1 heterocycles. The van der Waals surface area contributed by atoms with Gasteiger partial charge in [0.1, 0.15) is 0 Å². The Kier molecular flexibility index (Phi) is 5.65. The molecule has 0 saturated heterocycles. The number of carbonyl (C=O) groups is 2. The van der Waals surface area contributed by atoms with E-state index in [-0.39, 0.29) is 39.6 Å². The van der Waals surface area contributed by atoms with Gasteiger partial charge in [-0.1, -0.05) is 40.0 Å². The lowest BCUT2D eigenvalue weighted by Crippen LogP contribution is -2.09. The van der Waals surface area contributed by atoms with Crippen LogP contribution in [0.3, 0.4) is 0 Å². The van der Waals surface area contributed by atoms with Crippen molar-refractivity contribution in [2.45, 2.75) is 6.54 Å². The SMILES string of the molecule is Nc1c(NC=O)nnn1Cc1cc(Cl)c(C(=O)c2ccc(Cl)cc2)c(Cl)c1. The molecule has 0 saturated carbocycles. The van der Waals surface area contributed by atoms with Crippen molar-refractivity contribution in [3.63, 3.8) is 0 Å². The molecule has 0 aliphatic heterocycles. The number of hydrogen-bond acceptors (Lipinski definition) is 5. The average Bonchev–Trinajstić information content (AvgIpc) is 2.95. The molecule has 0 aliphatic rings. The number of ketones is 1. The highest BCUT2D eigenvalue weighted by Crippen LogP contribution is 2.30. The van der Waals surface area contributed by atoms with E-state index in [4.69, 9.17) is 40.5 Å². The molecule has 0 atom stereocenters. The molecule has 138 valence electrons. The first kappa shape index (κ1) is 19.2. The number of benzene rings is 2. The maximum Gasteiger partial charge on any atom is 0.212 e. The Hall–Kier alpha value is -2.61. The number of nitrogens with zero attached hydrogens (tertiary/aromatic N) is 3. The van der Waals surface area contributed by atoms with Crippen LogP contribution < -0.4 is 11.1 Å². The highest BCUT2D eigenvalue weighted by molar-refractivity contribution is 6.41. The first-order valence-corrected chi connectivity index (χ1v) is 8.71. The van der Waals surface area contributed by atoms with Crippen LogP contribution in [0.5, 0.6) is 0 Å². The molecule has 3 N–H and O–H groups in total. The van der Waals surface area contributed by atoms with Crippen LogP contribution in [0.2, 0.25) is 15.1 Å². The molecule has 0 unspecified atom stereocenters. The van der Waals surface area contributed by atoms with Crippen LogP contribution >= 0.6 is 34.8 Å². The van der Waals surface area contributed by atoms with E-state index < -0.39 is 0 Å². The van der Waals surface area contributed by atoms with E-state index in [9.17, 15) is 9.59 Å². The number of anilines is 2. The van der Waals surface area contributed by atoms with Crippen LogP contribution in [0.1, 0.15) is 21.5 Å². The van der Waals surface area contributed by atoms with E-state index in [1.807, 2.05) is 0 Å². The molecule has 0 fully saturated rings. The van der Waals surface area contributed by atoms with Gasteiger partial charge in [-0.15, -0.1) is 5.10 Å². The van der Waals surface area contributed by atoms with E-state index in [0.29, 0.717) is 22.6 Å². The third-order valence-corrected chi connectivity index (χ3v) is 4.58. The molecule has 1 aromatic heterocycles. The van der Waals surface area contributed by atoms with Gasteiger partial charge in [0.2, 0.25) is 6.41 Å². The summed E-state index contributed by atoms with van der Waals surface area (Å²) in [5.74, 6) is 0.0124. The van der Waals surface area contributed by atoms with Gasteiger partial charge < -0.3 is 11.1 Å². The molecular weight excluding hydrogens is 413 g/mol. The minimum absolute atomic E-state index is 0.150. The number of nitrogen functional groups attached to an aromatic ring is 1. The van der Waals surface area contributed by atoms with Crippen molar-refractivity contribution in [3.05, 3.63) is 68.2 Å². The van der Waals surface area contributed by atoms with Crippen molar-refractivity contribution < 1.29 is 9.59 Å². The molecule has 1 amide bonds. The molecule has 10 heteroatoms. The van der Waals surface area contributed by atoms with Gasteiger partial charge in [-0.25, -0.2) is 4.68 Å². The van der Waals surface area contributed by atoms with Crippen molar-refractivity contribution in [3.8, 4) is 0 Å². The predicted molar refractivity (Wildman–Crippen MR) is 105 cm³/mol. The second-order valence-electron chi connectivity index (χ2n) is 5.51. The average molecular weight is 425 g/mol. The Labute approximate surface area is 169 Å². The van der Waals surface area contributed by atoms with Crippen molar-refractivity contribution in [2.75, 3.05) is 11.1 Å². The monoisotopic (exact) mass is 423 g/mol. The van der Waals surface area contributed by atoms with Crippen LogP contribution in [0.15, 0.2) is 36.4 Å². The lowest BCUT2D eigenvalue weighted by atomic mass is 10.0. The summed E-state index contributed by atoms with van der Waals surface area (Å²) in [7, 11) is 0. The van der Waals surface area contributed by atoms with Gasteiger partial charge in [0, 0.05) is 10.6 Å². The van der Waals surface area contributed by atoms with E-state index in [0.717, 1.165) is 0 Å². The Balaban J connectivity index is 1.90. The maximum absolute atomic E-state index is 12.7. The molecule has 27 heavy (non-hydrogen) atoms. The molecule has 0 radical (unpaired) electrons. The van der Waals surface area contributed by atoms with Crippen LogP contribution in [0.4, 0.5) is 11.6 Å². The fraction of sp³-hybridized carbons (Fsp3) is 0.0588. The Morgan fingerprint density at radius 2 is 1.78 bits per heavy atom. The predicted octanol–water partition coefficient (Wildman–Crippen LogP) is 3.67. The largest absolute Gasteiger partial charge is 0.381 e. The van der Waals surface area contributed by atoms with Crippen molar-refractivity contribution in [2.24, 2.45) is 0 Å². The summed E-state index contributed by atoms with van der Waals surface area (Å²) in [5, 5.41) is 10.9. The van der Waals surface area contributed by atoms with E-state index in [2.05, 4.69) is 15.6 Å². The number of rotatable bonds is 6. The van der Waals surface area contributed by atoms with Gasteiger partial charge in [0.15, 0.2) is 17.4 Å². The standard InChI is InChI=1S/C17H12Cl3N5O2/c18-11-3-1-10(2-4-11)15(27)14-12(19)5-9(6-13(14)20)7-25-16(21)17(22-8-26)23-24-25/h1-6,8H,7,21H2,(H,22,26). The lowest BCUT2D eigenvalue weighted by molar-refractivity contribution is -0.105. The third-order valence-electron chi connectivity index (χ3n) is 3.74. The third kappa shape index (κ3) is 4.05. The fourth-order valence-corrected chi connectivity index (χ4v) is 3.28. The zero-order chi connectivity index (χ0) is 19.6. The van der Waals surface area contributed by atoms with Gasteiger partial charge >= 0.3 is 0 Å². The number of nitrogens with two attached hydrogens (primary N) is 1. The normalized spacial score (nSPS) is 10.6. The number of amides is 1. The van der Waals surface area contributed by atoms with Gasteiger partial charge in [-0.05, 0) is 42.0 Å². The van der Waals surface area contributed by atoms with Gasteiger partial charge in [-0.2, -0.15) is 0 Å². The second kappa shape index (κ2) is 7.96. The van der Waals surface area contributed by atoms with Gasteiger partial charge in [0.25, 0.3) is 0 Å².